The highest BCUT2D eigenvalue weighted by molar-refractivity contribution is 5.29. The van der Waals surface area contributed by atoms with Crippen molar-refractivity contribution in [1.29, 1.82) is 0 Å². The molecule has 0 aliphatic rings. The molecule has 3 heteroatoms. The minimum atomic E-state index is 0.171. The van der Waals surface area contributed by atoms with Gasteiger partial charge in [-0.2, -0.15) is 0 Å². The monoisotopic (exact) mass is 208 g/mol. The van der Waals surface area contributed by atoms with Gasteiger partial charge in [0.1, 0.15) is 11.9 Å². The molecule has 0 aliphatic carbocycles. The van der Waals surface area contributed by atoms with E-state index in [0.29, 0.717) is 0 Å². The molecule has 0 bridgehead atoms. The molecule has 1 aromatic rings. The van der Waals surface area contributed by atoms with Crippen molar-refractivity contribution in [1.82, 2.24) is 10.3 Å². The summed E-state index contributed by atoms with van der Waals surface area (Å²) in [5.41, 5.74) is 2.08. The van der Waals surface area contributed by atoms with Crippen molar-refractivity contribution in [3.63, 3.8) is 0 Å². The van der Waals surface area contributed by atoms with E-state index in [9.17, 15) is 0 Å². The van der Waals surface area contributed by atoms with E-state index in [4.69, 9.17) is 4.74 Å². The molecule has 0 fully saturated rings. The van der Waals surface area contributed by atoms with Crippen LogP contribution < -0.4 is 10.1 Å². The van der Waals surface area contributed by atoms with Crippen LogP contribution in [0.3, 0.4) is 0 Å². The standard InChI is InChI=1S/C12H20N2O/c1-5-11-12(7-6-9(2)14-11)15-10(3)8-13-4/h6-7,10,13H,5,8H2,1-4H3. The Kier molecular flexibility index (Phi) is 4.56. The van der Waals surface area contributed by atoms with Gasteiger partial charge in [0.25, 0.3) is 0 Å². The Hall–Kier alpha value is -1.09. The second-order valence-corrected chi connectivity index (χ2v) is 3.74. The fourth-order valence-corrected chi connectivity index (χ4v) is 1.50. The molecule has 15 heavy (non-hydrogen) atoms. The van der Waals surface area contributed by atoms with Crippen LogP contribution in [0.5, 0.6) is 5.75 Å². The fraction of sp³-hybridized carbons (Fsp3) is 0.583. The molecule has 3 nitrogen and oxygen atoms in total. The van der Waals surface area contributed by atoms with Crippen molar-refractivity contribution >= 4 is 0 Å². The first-order valence-corrected chi connectivity index (χ1v) is 5.45. The summed E-state index contributed by atoms with van der Waals surface area (Å²) in [6, 6.07) is 3.99. The molecule has 0 aromatic carbocycles. The molecule has 0 amide bonds. The quantitative estimate of drug-likeness (QED) is 0.803. The summed E-state index contributed by atoms with van der Waals surface area (Å²) in [6.45, 7) is 6.99. The second kappa shape index (κ2) is 5.71. The number of ether oxygens (including phenoxy) is 1. The van der Waals surface area contributed by atoms with Crippen LogP contribution in [0.1, 0.15) is 25.2 Å². The van der Waals surface area contributed by atoms with Crippen molar-refractivity contribution in [3.05, 3.63) is 23.5 Å². The number of hydrogen-bond acceptors (Lipinski definition) is 3. The molecule has 0 saturated carbocycles. The van der Waals surface area contributed by atoms with Gasteiger partial charge in [0.2, 0.25) is 0 Å². The lowest BCUT2D eigenvalue weighted by Gasteiger charge is -2.16. The Balaban J connectivity index is 2.75. The molecule has 1 atom stereocenters. The zero-order valence-electron chi connectivity index (χ0n) is 10.0. The number of likely N-dealkylation sites (N-methyl/N-ethyl adjacent to an activating group) is 1. The molecule has 1 N–H and O–H groups in total. The maximum Gasteiger partial charge on any atom is 0.141 e. The van der Waals surface area contributed by atoms with Crippen LogP contribution in [0, 0.1) is 6.92 Å². The van der Waals surface area contributed by atoms with Gasteiger partial charge in [-0.15, -0.1) is 0 Å². The summed E-state index contributed by atoms with van der Waals surface area (Å²) in [6.07, 6.45) is 1.08. The second-order valence-electron chi connectivity index (χ2n) is 3.74. The highest BCUT2D eigenvalue weighted by Gasteiger charge is 2.07. The highest BCUT2D eigenvalue weighted by atomic mass is 16.5. The Morgan fingerprint density at radius 2 is 2.20 bits per heavy atom. The molecule has 1 unspecified atom stereocenters. The van der Waals surface area contributed by atoms with Crippen molar-refractivity contribution in [2.24, 2.45) is 0 Å². The number of nitrogens with zero attached hydrogens (tertiary/aromatic N) is 1. The van der Waals surface area contributed by atoms with Gasteiger partial charge < -0.3 is 10.1 Å². The highest BCUT2D eigenvalue weighted by Crippen LogP contribution is 2.18. The summed E-state index contributed by atoms with van der Waals surface area (Å²) in [5.74, 6) is 0.908. The Morgan fingerprint density at radius 1 is 1.47 bits per heavy atom. The Bertz CT molecular complexity index is 312. The van der Waals surface area contributed by atoms with E-state index in [-0.39, 0.29) is 6.10 Å². The fourth-order valence-electron chi connectivity index (χ4n) is 1.50. The van der Waals surface area contributed by atoms with Crippen LogP contribution in [0.2, 0.25) is 0 Å². The van der Waals surface area contributed by atoms with Crippen LogP contribution in [0.4, 0.5) is 0 Å². The van der Waals surface area contributed by atoms with Gasteiger partial charge in [-0.05, 0) is 39.4 Å². The molecule has 84 valence electrons. The number of rotatable bonds is 5. The van der Waals surface area contributed by atoms with Crippen molar-refractivity contribution in [2.45, 2.75) is 33.3 Å². The van der Waals surface area contributed by atoms with E-state index in [1.54, 1.807) is 0 Å². The summed E-state index contributed by atoms with van der Waals surface area (Å²) in [5, 5.41) is 3.09. The Morgan fingerprint density at radius 3 is 2.80 bits per heavy atom. The van der Waals surface area contributed by atoms with Crippen LogP contribution in [-0.2, 0) is 6.42 Å². The number of hydrogen-bond donors (Lipinski definition) is 1. The maximum atomic E-state index is 5.81. The number of aromatic nitrogens is 1. The Labute approximate surface area is 91.9 Å². The van der Waals surface area contributed by atoms with Gasteiger partial charge in [0.15, 0.2) is 0 Å². The lowest BCUT2D eigenvalue weighted by atomic mass is 10.2. The number of nitrogens with one attached hydrogen (secondary N) is 1. The van der Waals surface area contributed by atoms with Crippen LogP contribution in [-0.4, -0.2) is 24.7 Å². The minimum Gasteiger partial charge on any atom is -0.487 e. The number of aryl methyl sites for hydroxylation is 2. The summed E-state index contributed by atoms with van der Waals surface area (Å²) >= 11 is 0. The third-order valence-corrected chi connectivity index (χ3v) is 2.23. The first kappa shape index (κ1) is 12.0. The molecule has 0 aliphatic heterocycles. The van der Waals surface area contributed by atoms with Gasteiger partial charge in [-0.25, -0.2) is 0 Å². The SMILES string of the molecule is CCc1nc(C)ccc1OC(C)CNC. The smallest absolute Gasteiger partial charge is 0.141 e. The zero-order valence-corrected chi connectivity index (χ0v) is 10.0. The summed E-state index contributed by atoms with van der Waals surface area (Å²) in [7, 11) is 1.92. The third-order valence-electron chi connectivity index (χ3n) is 2.23. The van der Waals surface area contributed by atoms with Gasteiger partial charge in [0.05, 0.1) is 5.69 Å². The van der Waals surface area contributed by atoms with Crippen LogP contribution >= 0.6 is 0 Å². The maximum absolute atomic E-state index is 5.81. The molecule has 1 heterocycles. The van der Waals surface area contributed by atoms with E-state index >= 15 is 0 Å². The van der Waals surface area contributed by atoms with Crippen LogP contribution in [0.15, 0.2) is 12.1 Å². The van der Waals surface area contributed by atoms with Gasteiger partial charge in [0, 0.05) is 12.2 Å². The molecule has 0 spiro atoms. The molecule has 0 saturated heterocycles. The zero-order chi connectivity index (χ0) is 11.3. The van der Waals surface area contributed by atoms with E-state index < -0.39 is 0 Å². The first-order chi connectivity index (χ1) is 7.17. The van der Waals surface area contributed by atoms with Crippen LogP contribution in [0.25, 0.3) is 0 Å². The summed E-state index contributed by atoms with van der Waals surface area (Å²) < 4.78 is 5.81. The lowest BCUT2D eigenvalue weighted by Crippen LogP contribution is -2.26. The van der Waals surface area contributed by atoms with E-state index in [1.165, 1.54) is 0 Å². The number of pyridine rings is 1. The molecule has 1 rings (SSSR count). The average molecular weight is 208 g/mol. The summed E-state index contributed by atoms with van der Waals surface area (Å²) in [4.78, 5) is 4.46. The normalized spacial score (nSPS) is 12.5. The molecular formula is C12H20N2O. The minimum absolute atomic E-state index is 0.171. The molecule has 1 aromatic heterocycles. The lowest BCUT2D eigenvalue weighted by molar-refractivity contribution is 0.217. The third kappa shape index (κ3) is 3.51. The van der Waals surface area contributed by atoms with E-state index in [1.807, 2.05) is 26.1 Å². The molecule has 0 radical (unpaired) electrons. The van der Waals surface area contributed by atoms with Gasteiger partial charge >= 0.3 is 0 Å². The van der Waals surface area contributed by atoms with Crippen molar-refractivity contribution in [3.8, 4) is 5.75 Å². The van der Waals surface area contributed by atoms with E-state index in [2.05, 4.69) is 24.1 Å². The van der Waals surface area contributed by atoms with Gasteiger partial charge in [-0.3, -0.25) is 4.98 Å². The topological polar surface area (TPSA) is 34.1 Å². The van der Waals surface area contributed by atoms with Crippen molar-refractivity contribution in [2.75, 3.05) is 13.6 Å². The first-order valence-electron chi connectivity index (χ1n) is 5.45. The predicted octanol–water partition coefficient (Wildman–Crippen LogP) is 1.94. The largest absolute Gasteiger partial charge is 0.487 e. The predicted molar refractivity (Wildman–Crippen MR) is 62.4 cm³/mol. The molecular weight excluding hydrogens is 188 g/mol. The van der Waals surface area contributed by atoms with Gasteiger partial charge in [-0.1, -0.05) is 6.92 Å². The van der Waals surface area contributed by atoms with E-state index in [0.717, 1.165) is 30.1 Å². The van der Waals surface area contributed by atoms with Crippen molar-refractivity contribution < 1.29 is 4.74 Å². The average Bonchev–Trinajstić information content (AvgIpc) is 2.21.